The number of carboxylic acids is 1. The first-order valence-corrected chi connectivity index (χ1v) is 6.14. The van der Waals surface area contributed by atoms with Crippen LogP contribution in [0.25, 0.3) is 0 Å². The standard InChI is InChI=1S/C10H8N2O2S.C2H6/c13-9(14)8-6-15-10(12-8)11-7-4-2-1-3-5-7;1-2/h1-6H,(H,11,12)(H,13,14);1-2H3. The van der Waals surface area contributed by atoms with Crippen LogP contribution in [0.15, 0.2) is 35.7 Å². The molecule has 0 fully saturated rings. The fourth-order valence-corrected chi connectivity index (χ4v) is 1.78. The molecule has 0 aliphatic carbocycles. The van der Waals surface area contributed by atoms with Gasteiger partial charge in [-0.1, -0.05) is 32.0 Å². The molecule has 90 valence electrons. The van der Waals surface area contributed by atoms with Crippen LogP contribution in [0.4, 0.5) is 10.8 Å². The van der Waals surface area contributed by atoms with Crippen LogP contribution in [-0.4, -0.2) is 16.1 Å². The van der Waals surface area contributed by atoms with Crippen LogP contribution in [0, 0.1) is 0 Å². The lowest BCUT2D eigenvalue weighted by molar-refractivity contribution is 0.0691. The van der Waals surface area contributed by atoms with E-state index >= 15 is 0 Å². The van der Waals surface area contributed by atoms with E-state index in [-0.39, 0.29) is 5.69 Å². The van der Waals surface area contributed by atoms with E-state index in [9.17, 15) is 4.79 Å². The lowest BCUT2D eigenvalue weighted by Crippen LogP contribution is -1.96. The van der Waals surface area contributed by atoms with E-state index in [1.165, 1.54) is 16.7 Å². The van der Waals surface area contributed by atoms with Crippen LogP contribution in [0.5, 0.6) is 0 Å². The van der Waals surface area contributed by atoms with Crippen molar-refractivity contribution < 1.29 is 9.90 Å². The fourth-order valence-electron chi connectivity index (χ4n) is 1.07. The quantitative estimate of drug-likeness (QED) is 0.873. The van der Waals surface area contributed by atoms with Crippen molar-refractivity contribution in [3.8, 4) is 0 Å². The maximum Gasteiger partial charge on any atom is 0.355 e. The van der Waals surface area contributed by atoms with Gasteiger partial charge in [-0.15, -0.1) is 11.3 Å². The third-order valence-electron chi connectivity index (χ3n) is 1.75. The van der Waals surface area contributed by atoms with Crippen molar-refractivity contribution in [3.05, 3.63) is 41.4 Å². The summed E-state index contributed by atoms with van der Waals surface area (Å²) in [7, 11) is 0. The molecule has 0 spiro atoms. The Kier molecular flexibility index (Phi) is 5.16. The topological polar surface area (TPSA) is 62.2 Å². The van der Waals surface area contributed by atoms with Crippen LogP contribution in [0.3, 0.4) is 0 Å². The average molecular weight is 250 g/mol. The largest absolute Gasteiger partial charge is 0.476 e. The maximum atomic E-state index is 10.6. The second kappa shape index (κ2) is 6.65. The van der Waals surface area contributed by atoms with Gasteiger partial charge < -0.3 is 10.4 Å². The minimum Gasteiger partial charge on any atom is -0.476 e. The van der Waals surface area contributed by atoms with Gasteiger partial charge in [0.05, 0.1) is 0 Å². The number of nitrogens with one attached hydrogen (secondary N) is 1. The number of benzene rings is 1. The van der Waals surface area contributed by atoms with E-state index in [1.807, 2.05) is 44.2 Å². The highest BCUT2D eigenvalue weighted by Crippen LogP contribution is 2.20. The number of aromatic carboxylic acids is 1. The van der Waals surface area contributed by atoms with Crippen molar-refractivity contribution in [2.24, 2.45) is 0 Å². The Bertz CT molecular complexity index is 468. The number of aromatic nitrogens is 1. The lowest BCUT2D eigenvalue weighted by Gasteiger charge is -2.00. The summed E-state index contributed by atoms with van der Waals surface area (Å²) in [5, 5.41) is 13.8. The minimum absolute atomic E-state index is 0.0680. The highest BCUT2D eigenvalue weighted by atomic mass is 32.1. The Morgan fingerprint density at radius 1 is 1.29 bits per heavy atom. The Labute approximate surface area is 104 Å². The Morgan fingerprint density at radius 3 is 2.47 bits per heavy atom. The number of thiazole rings is 1. The van der Waals surface area contributed by atoms with Gasteiger partial charge in [-0.25, -0.2) is 9.78 Å². The first-order valence-electron chi connectivity index (χ1n) is 5.26. The summed E-state index contributed by atoms with van der Waals surface area (Å²) in [6.45, 7) is 4.00. The number of para-hydroxylation sites is 1. The van der Waals surface area contributed by atoms with E-state index < -0.39 is 5.97 Å². The van der Waals surface area contributed by atoms with Gasteiger partial charge in [0.25, 0.3) is 0 Å². The molecule has 5 heteroatoms. The molecule has 1 aromatic heterocycles. The number of hydrogen-bond donors (Lipinski definition) is 2. The molecular formula is C12H14N2O2S. The van der Waals surface area contributed by atoms with Crippen LogP contribution < -0.4 is 5.32 Å². The van der Waals surface area contributed by atoms with Gasteiger partial charge in [0.1, 0.15) is 0 Å². The summed E-state index contributed by atoms with van der Waals surface area (Å²) in [6.07, 6.45) is 0. The number of carboxylic acid groups (broad SMARTS) is 1. The molecule has 0 amide bonds. The second-order valence-electron chi connectivity index (χ2n) is 2.83. The Balaban J connectivity index is 0.000000686. The molecule has 0 atom stereocenters. The molecular weight excluding hydrogens is 236 g/mol. The van der Waals surface area contributed by atoms with Crippen molar-refractivity contribution in [2.75, 3.05) is 5.32 Å². The molecule has 0 bridgehead atoms. The summed E-state index contributed by atoms with van der Waals surface area (Å²) in [6, 6.07) is 9.49. The highest BCUT2D eigenvalue weighted by molar-refractivity contribution is 7.14. The highest BCUT2D eigenvalue weighted by Gasteiger charge is 2.07. The molecule has 0 saturated carbocycles. The molecule has 0 aliphatic rings. The van der Waals surface area contributed by atoms with Crippen LogP contribution in [0.2, 0.25) is 0 Å². The zero-order valence-electron chi connectivity index (χ0n) is 9.68. The molecule has 0 unspecified atom stereocenters. The molecule has 17 heavy (non-hydrogen) atoms. The predicted octanol–water partition coefficient (Wildman–Crippen LogP) is 3.61. The van der Waals surface area contributed by atoms with Gasteiger partial charge >= 0.3 is 5.97 Å². The molecule has 0 aliphatic heterocycles. The monoisotopic (exact) mass is 250 g/mol. The van der Waals surface area contributed by atoms with Crippen LogP contribution in [0.1, 0.15) is 24.3 Å². The van der Waals surface area contributed by atoms with Crippen LogP contribution >= 0.6 is 11.3 Å². The number of anilines is 2. The van der Waals surface area contributed by atoms with Gasteiger partial charge in [0.15, 0.2) is 10.8 Å². The van der Waals surface area contributed by atoms with E-state index in [1.54, 1.807) is 0 Å². The number of nitrogens with zero attached hydrogens (tertiary/aromatic N) is 1. The third-order valence-corrected chi connectivity index (χ3v) is 2.51. The van der Waals surface area contributed by atoms with Gasteiger partial charge in [0.2, 0.25) is 0 Å². The molecule has 1 heterocycles. The van der Waals surface area contributed by atoms with Crippen molar-refractivity contribution in [3.63, 3.8) is 0 Å². The molecule has 2 N–H and O–H groups in total. The predicted molar refractivity (Wildman–Crippen MR) is 70.1 cm³/mol. The zero-order valence-corrected chi connectivity index (χ0v) is 10.5. The maximum absolute atomic E-state index is 10.6. The van der Waals surface area contributed by atoms with E-state index in [0.29, 0.717) is 5.13 Å². The SMILES string of the molecule is CC.O=C(O)c1csc(Nc2ccccc2)n1. The van der Waals surface area contributed by atoms with Crippen molar-refractivity contribution in [1.29, 1.82) is 0 Å². The summed E-state index contributed by atoms with van der Waals surface area (Å²) >= 11 is 1.27. The van der Waals surface area contributed by atoms with Gasteiger partial charge in [-0.05, 0) is 12.1 Å². The first kappa shape index (κ1) is 13.2. The number of rotatable bonds is 3. The third kappa shape index (κ3) is 3.88. The van der Waals surface area contributed by atoms with Crippen LogP contribution in [-0.2, 0) is 0 Å². The lowest BCUT2D eigenvalue weighted by atomic mass is 10.3. The molecule has 1 aromatic carbocycles. The molecule has 2 rings (SSSR count). The Hall–Kier alpha value is -1.88. The first-order chi connectivity index (χ1) is 8.25. The molecule has 0 radical (unpaired) electrons. The van der Waals surface area contributed by atoms with E-state index in [2.05, 4.69) is 10.3 Å². The fraction of sp³-hybridized carbons (Fsp3) is 0.167. The number of hydrogen-bond acceptors (Lipinski definition) is 4. The van der Waals surface area contributed by atoms with E-state index in [0.717, 1.165) is 5.69 Å². The number of carbonyl (C=O) groups is 1. The van der Waals surface area contributed by atoms with Crippen molar-refractivity contribution in [1.82, 2.24) is 4.98 Å². The summed E-state index contributed by atoms with van der Waals surface area (Å²) in [4.78, 5) is 14.5. The minimum atomic E-state index is -1.01. The van der Waals surface area contributed by atoms with Crippen molar-refractivity contribution in [2.45, 2.75) is 13.8 Å². The summed E-state index contributed by atoms with van der Waals surface area (Å²) < 4.78 is 0. The summed E-state index contributed by atoms with van der Waals surface area (Å²) in [5.41, 5.74) is 0.960. The average Bonchev–Trinajstić information content (AvgIpc) is 2.82. The zero-order chi connectivity index (χ0) is 12.7. The second-order valence-corrected chi connectivity index (χ2v) is 3.69. The molecule has 2 aromatic rings. The molecule has 0 saturated heterocycles. The smallest absolute Gasteiger partial charge is 0.355 e. The normalized spacial score (nSPS) is 9.06. The van der Waals surface area contributed by atoms with Gasteiger partial charge in [-0.3, -0.25) is 0 Å². The Morgan fingerprint density at radius 2 is 1.94 bits per heavy atom. The van der Waals surface area contributed by atoms with Crippen molar-refractivity contribution >= 4 is 28.1 Å². The van der Waals surface area contributed by atoms with Gasteiger partial charge in [-0.2, -0.15) is 0 Å². The molecule has 4 nitrogen and oxygen atoms in total. The van der Waals surface area contributed by atoms with Gasteiger partial charge in [0, 0.05) is 11.1 Å². The van der Waals surface area contributed by atoms with E-state index in [4.69, 9.17) is 5.11 Å². The summed E-state index contributed by atoms with van der Waals surface area (Å²) in [5.74, 6) is -1.01.